The molecule has 1 N–H and O–H groups in total. The number of carbonyl (C=O) groups excluding carboxylic acids is 1. The monoisotopic (exact) mass is 381 g/mol. The molecule has 0 aliphatic carbocycles. The third-order valence-electron chi connectivity index (χ3n) is 4.60. The van der Waals surface area contributed by atoms with E-state index in [0.29, 0.717) is 42.0 Å². The van der Waals surface area contributed by atoms with E-state index in [1.165, 1.54) is 0 Å². The number of aromatic nitrogens is 4. The zero-order valence-electron chi connectivity index (χ0n) is 14.2. The molecule has 1 amide bonds. The third kappa shape index (κ3) is 2.95. The number of rotatable bonds is 4. The molecule has 0 radical (unpaired) electrons. The van der Waals surface area contributed by atoms with Crippen molar-refractivity contribution >= 4 is 17.2 Å². The second-order valence-corrected chi connectivity index (χ2v) is 7.26. The zero-order valence-corrected chi connectivity index (χ0v) is 15.0. The highest BCUT2D eigenvalue weighted by molar-refractivity contribution is 7.13. The Morgan fingerprint density at radius 2 is 2.30 bits per heavy atom. The van der Waals surface area contributed by atoms with Gasteiger partial charge in [0.2, 0.25) is 0 Å². The minimum atomic E-state index is -0.117. The van der Waals surface area contributed by atoms with E-state index >= 15 is 0 Å². The Labute approximate surface area is 157 Å². The molecule has 1 fully saturated rings. The lowest BCUT2D eigenvalue weighted by atomic mass is 10.1. The van der Waals surface area contributed by atoms with Gasteiger partial charge in [0.15, 0.2) is 17.3 Å². The third-order valence-corrected chi connectivity index (χ3v) is 5.46. The van der Waals surface area contributed by atoms with Crippen molar-refractivity contribution in [1.82, 2.24) is 25.2 Å². The van der Waals surface area contributed by atoms with Crippen molar-refractivity contribution in [2.75, 3.05) is 13.1 Å². The van der Waals surface area contributed by atoms with Crippen molar-refractivity contribution < 1.29 is 13.7 Å². The predicted octanol–water partition coefficient (Wildman–Crippen LogP) is 3.41. The topological polar surface area (TPSA) is 101 Å². The van der Waals surface area contributed by atoms with Crippen molar-refractivity contribution in [2.45, 2.75) is 12.3 Å². The first-order valence-electron chi connectivity index (χ1n) is 8.54. The normalized spacial score (nSPS) is 16.9. The summed E-state index contributed by atoms with van der Waals surface area (Å²) in [5.74, 6) is 1.77. The fraction of sp³-hybridized carbons (Fsp3) is 0.222. The highest BCUT2D eigenvalue weighted by atomic mass is 32.1. The SMILES string of the molecule is O=C(c1cc(-c2ccco2)[nH]n1)N1CC[C@@H](c2noc(-c3cccs3)n2)C1. The van der Waals surface area contributed by atoms with Gasteiger partial charge in [0, 0.05) is 25.1 Å². The average Bonchev–Trinajstić information content (AvgIpc) is 3.50. The van der Waals surface area contributed by atoms with E-state index in [2.05, 4.69) is 20.3 Å². The summed E-state index contributed by atoms with van der Waals surface area (Å²) in [6.07, 6.45) is 2.38. The van der Waals surface area contributed by atoms with Gasteiger partial charge in [0.05, 0.1) is 11.1 Å². The fourth-order valence-electron chi connectivity index (χ4n) is 3.21. The molecule has 0 spiro atoms. The van der Waals surface area contributed by atoms with Crippen LogP contribution in [0, 0.1) is 0 Å². The van der Waals surface area contributed by atoms with E-state index in [1.807, 2.05) is 23.6 Å². The molecule has 1 aliphatic rings. The molecule has 1 atom stereocenters. The molecule has 5 heterocycles. The summed E-state index contributed by atoms with van der Waals surface area (Å²) in [6.45, 7) is 1.18. The van der Waals surface area contributed by atoms with Crippen LogP contribution in [0.1, 0.15) is 28.7 Å². The highest BCUT2D eigenvalue weighted by Crippen LogP contribution is 2.29. The smallest absolute Gasteiger partial charge is 0.274 e. The maximum atomic E-state index is 12.7. The van der Waals surface area contributed by atoms with Crippen LogP contribution < -0.4 is 0 Å². The van der Waals surface area contributed by atoms with Gasteiger partial charge in [-0.2, -0.15) is 10.1 Å². The Morgan fingerprint density at radius 1 is 1.33 bits per heavy atom. The molecular formula is C18H15N5O3S. The second-order valence-electron chi connectivity index (χ2n) is 6.32. The number of thiophene rings is 1. The molecule has 4 aromatic rings. The Kier molecular flexibility index (Phi) is 3.86. The molecule has 8 nitrogen and oxygen atoms in total. The molecule has 1 aliphatic heterocycles. The molecular weight excluding hydrogens is 366 g/mol. The molecule has 0 bridgehead atoms. The van der Waals surface area contributed by atoms with E-state index in [1.54, 1.807) is 34.6 Å². The molecule has 9 heteroatoms. The molecule has 1 saturated heterocycles. The lowest BCUT2D eigenvalue weighted by Crippen LogP contribution is -2.28. The first-order chi connectivity index (χ1) is 13.3. The van der Waals surface area contributed by atoms with Crippen LogP contribution in [0.3, 0.4) is 0 Å². The standard InChI is InChI=1S/C18H15N5O3S/c24-18(13-9-12(20-21-13)14-3-1-7-25-14)23-6-5-11(10-23)16-19-17(26-22-16)15-4-2-8-27-15/h1-4,7-9,11H,5-6,10H2,(H,20,21)/t11-/m1/s1. The van der Waals surface area contributed by atoms with Gasteiger partial charge in [-0.05, 0) is 30.0 Å². The zero-order chi connectivity index (χ0) is 18.2. The number of carbonyl (C=O) groups is 1. The quantitative estimate of drug-likeness (QED) is 0.581. The number of nitrogens with one attached hydrogen (secondary N) is 1. The summed E-state index contributed by atoms with van der Waals surface area (Å²) in [5, 5.41) is 13.0. The van der Waals surface area contributed by atoms with Crippen LogP contribution in [0.2, 0.25) is 0 Å². The number of hydrogen-bond donors (Lipinski definition) is 1. The number of amides is 1. The molecule has 4 aromatic heterocycles. The molecule has 27 heavy (non-hydrogen) atoms. The molecule has 0 unspecified atom stereocenters. The van der Waals surface area contributed by atoms with Gasteiger partial charge < -0.3 is 13.8 Å². The van der Waals surface area contributed by atoms with Gasteiger partial charge in [0.1, 0.15) is 5.69 Å². The van der Waals surface area contributed by atoms with E-state index in [-0.39, 0.29) is 11.8 Å². The van der Waals surface area contributed by atoms with E-state index in [9.17, 15) is 4.79 Å². The summed E-state index contributed by atoms with van der Waals surface area (Å²) in [5.41, 5.74) is 1.05. The van der Waals surface area contributed by atoms with E-state index < -0.39 is 0 Å². The van der Waals surface area contributed by atoms with Gasteiger partial charge in [-0.25, -0.2) is 0 Å². The van der Waals surface area contributed by atoms with E-state index in [4.69, 9.17) is 8.94 Å². The lowest BCUT2D eigenvalue weighted by Gasteiger charge is -2.13. The Morgan fingerprint density at radius 3 is 3.11 bits per heavy atom. The van der Waals surface area contributed by atoms with Crippen LogP contribution in [-0.4, -0.2) is 44.2 Å². The van der Waals surface area contributed by atoms with Crippen LogP contribution in [0.4, 0.5) is 0 Å². The summed E-state index contributed by atoms with van der Waals surface area (Å²) in [6, 6.07) is 9.20. The lowest BCUT2D eigenvalue weighted by molar-refractivity contribution is 0.0784. The Bertz CT molecular complexity index is 1050. The number of aromatic amines is 1. The molecule has 0 aromatic carbocycles. The number of H-pyrrole nitrogens is 1. The predicted molar refractivity (Wildman–Crippen MR) is 97.2 cm³/mol. The van der Waals surface area contributed by atoms with Gasteiger partial charge >= 0.3 is 0 Å². The molecule has 0 saturated carbocycles. The van der Waals surface area contributed by atoms with Crippen LogP contribution >= 0.6 is 11.3 Å². The van der Waals surface area contributed by atoms with Crippen LogP contribution in [0.5, 0.6) is 0 Å². The largest absolute Gasteiger partial charge is 0.463 e. The summed E-state index contributed by atoms with van der Waals surface area (Å²) in [4.78, 5) is 20.0. The van der Waals surface area contributed by atoms with Gasteiger partial charge in [0.25, 0.3) is 11.8 Å². The first kappa shape index (κ1) is 16.0. The van der Waals surface area contributed by atoms with Crippen molar-refractivity contribution in [1.29, 1.82) is 0 Å². The van der Waals surface area contributed by atoms with Crippen LogP contribution in [0.15, 0.2) is 50.9 Å². The number of hydrogen-bond acceptors (Lipinski definition) is 7. The average molecular weight is 381 g/mol. The number of likely N-dealkylation sites (tertiary alicyclic amines) is 1. The highest BCUT2D eigenvalue weighted by Gasteiger charge is 2.32. The number of nitrogens with zero attached hydrogens (tertiary/aromatic N) is 4. The Balaban J connectivity index is 1.29. The second kappa shape index (κ2) is 6.51. The summed E-state index contributed by atoms with van der Waals surface area (Å²) < 4.78 is 10.7. The first-order valence-corrected chi connectivity index (χ1v) is 9.42. The van der Waals surface area contributed by atoms with Crippen LogP contribution in [-0.2, 0) is 0 Å². The molecule has 5 rings (SSSR count). The van der Waals surface area contributed by atoms with Gasteiger partial charge in [-0.15, -0.1) is 11.3 Å². The van der Waals surface area contributed by atoms with E-state index in [0.717, 1.165) is 11.3 Å². The minimum Gasteiger partial charge on any atom is -0.463 e. The maximum absolute atomic E-state index is 12.7. The van der Waals surface area contributed by atoms with Crippen molar-refractivity contribution in [2.24, 2.45) is 0 Å². The number of furan rings is 1. The van der Waals surface area contributed by atoms with Crippen molar-refractivity contribution in [3.8, 4) is 22.2 Å². The fourth-order valence-corrected chi connectivity index (χ4v) is 3.85. The van der Waals surface area contributed by atoms with Crippen molar-refractivity contribution in [3.63, 3.8) is 0 Å². The van der Waals surface area contributed by atoms with Crippen molar-refractivity contribution in [3.05, 3.63) is 53.5 Å². The summed E-state index contributed by atoms with van der Waals surface area (Å²) >= 11 is 1.56. The van der Waals surface area contributed by atoms with Crippen LogP contribution in [0.25, 0.3) is 22.2 Å². The minimum absolute atomic E-state index is 0.0647. The van der Waals surface area contributed by atoms with Gasteiger partial charge in [-0.3, -0.25) is 9.89 Å². The van der Waals surface area contributed by atoms with Gasteiger partial charge in [-0.1, -0.05) is 11.2 Å². The Hall–Kier alpha value is -3.20. The maximum Gasteiger partial charge on any atom is 0.274 e. The summed E-state index contributed by atoms with van der Waals surface area (Å²) in [7, 11) is 0. The molecule has 136 valence electrons.